The summed E-state index contributed by atoms with van der Waals surface area (Å²) in [6, 6.07) is 9.96. The Morgan fingerprint density at radius 3 is 2.58 bits per heavy atom. The number of fused-ring (bicyclic) bond motifs is 1. The topological polar surface area (TPSA) is 6.48 Å². The minimum atomic E-state index is -2.20. The van der Waals surface area contributed by atoms with Gasteiger partial charge in [-0.05, 0) is 74.5 Å². The average Bonchev–Trinajstić information content (AvgIpc) is 3.29. The summed E-state index contributed by atoms with van der Waals surface area (Å²) < 4.78 is 25.4. The zero-order valence-corrected chi connectivity index (χ0v) is 15.9. The molecule has 0 radical (unpaired) electrons. The van der Waals surface area contributed by atoms with Crippen molar-refractivity contribution in [3.63, 3.8) is 0 Å². The van der Waals surface area contributed by atoms with E-state index in [0.29, 0.717) is 17.8 Å². The Bertz CT molecular complexity index is 588. The van der Waals surface area contributed by atoms with Gasteiger partial charge in [0.1, 0.15) is 0 Å². The molecule has 4 unspecified atom stereocenters. The molecule has 3 fully saturated rings. The van der Waals surface area contributed by atoms with Crippen LogP contribution >= 0.6 is 0 Å². The Balaban J connectivity index is 1.33. The molecule has 2 nitrogen and oxygen atoms in total. The summed E-state index contributed by atoms with van der Waals surface area (Å²) in [5, 5.41) is 0. The highest BCUT2D eigenvalue weighted by molar-refractivity contribution is 5.28. The van der Waals surface area contributed by atoms with Crippen LogP contribution in [-0.2, 0) is 6.42 Å². The minimum absolute atomic E-state index is 0.0480. The maximum Gasteiger partial charge on any atom is 0.251 e. The summed E-state index contributed by atoms with van der Waals surface area (Å²) in [6.07, 6.45) is 4.03. The third-order valence-electron chi connectivity index (χ3n) is 7.11. The van der Waals surface area contributed by atoms with Gasteiger partial charge in [-0.1, -0.05) is 24.3 Å². The Morgan fingerprint density at radius 1 is 1.08 bits per heavy atom. The first kappa shape index (κ1) is 18.4. The van der Waals surface area contributed by atoms with Crippen LogP contribution in [0.2, 0.25) is 0 Å². The van der Waals surface area contributed by atoms with Crippen LogP contribution in [0.1, 0.15) is 49.7 Å². The largest absolute Gasteiger partial charge is 0.300 e. The second-order valence-electron chi connectivity index (χ2n) is 8.74. The van der Waals surface area contributed by atoms with Gasteiger partial charge in [0.25, 0.3) is 6.43 Å². The number of benzene rings is 1. The highest BCUT2D eigenvalue weighted by Crippen LogP contribution is 2.47. The molecule has 4 atom stereocenters. The number of likely N-dealkylation sites (tertiary alicyclic amines) is 2. The van der Waals surface area contributed by atoms with Gasteiger partial charge in [0.05, 0.1) is 6.54 Å². The molecule has 4 heteroatoms. The van der Waals surface area contributed by atoms with E-state index in [1.165, 1.54) is 43.4 Å². The molecule has 1 aliphatic carbocycles. The van der Waals surface area contributed by atoms with Gasteiger partial charge in [0.2, 0.25) is 0 Å². The minimum Gasteiger partial charge on any atom is -0.300 e. The monoisotopic (exact) mass is 362 g/mol. The lowest BCUT2D eigenvalue weighted by molar-refractivity contribution is 0.0955. The van der Waals surface area contributed by atoms with E-state index in [9.17, 15) is 8.78 Å². The molecule has 0 bridgehead atoms. The number of hydrogen-bond donors (Lipinski definition) is 0. The smallest absolute Gasteiger partial charge is 0.251 e. The Hall–Kier alpha value is -1.00. The molecule has 144 valence electrons. The Morgan fingerprint density at radius 2 is 1.88 bits per heavy atom. The van der Waals surface area contributed by atoms with Crippen molar-refractivity contribution in [1.29, 1.82) is 0 Å². The molecule has 0 N–H and O–H groups in total. The van der Waals surface area contributed by atoms with Crippen molar-refractivity contribution in [2.45, 2.75) is 57.4 Å². The number of hydrogen-bond acceptors (Lipinski definition) is 2. The van der Waals surface area contributed by atoms with Crippen molar-refractivity contribution < 1.29 is 8.78 Å². The number of alkyl halides is 2. The lowest BCUT2D eigenvalue weighted by Crippen LogP contribution is -2.29. The first-order valence-electron chi connectivity index (χ1n) is 10.4. The van der Waals surface area contributed by atoms with Crippen LogP contribution < -0.4 is 0 Å². The third kappa shape index (κ3) is 3.96. The highest BCUT2D eigenvalue weighted by Gasteiger charge is 2.43. The molecule has 1 aromatic carbocycles. The zero-order valence-electron chi connectivity index (χ0n) is 15.9. The fourth-order valence-corrected chi connectivity index (χ4v) is 5.64. The highest BCUT2D eigenvalue weighted by atomic mass is 19.3. The fourth-order valence-electron chi connectivity index (χ4n) is 5.64. The van der Waals surface area contributed by atoms with Crippen molar-refractivity contribution in [2.75, 3.05) is 32.7 Å². The number of nitrogens with zero attached hydrogens (tertiary/aromatic N) is 2. The molecule has 0 amide bonds. The van der Waals surface area contributed by atoms with Crippen LogP contribution in [0.3, 0.4) is 0 Å². The molecule has 3 aliphatic rings. The summed E-state index contributed by atoms with van der Waals surface area (Å²) in [6.45, 7) is 6.43. The fraction of sp³-hybridized carbons (Fsp3) is 0.727. The molecule has 2 aliphatic heterocycles. The lowest BCUT2D eigenvalue weighted by atomic mass is 9.86. The van der Waals surface area contributed by atoms with Gasteiger partial charge >= 0.3 is 0 Å². The molecule has 0 aromatic heterocycles. The first-order valence-corrected chi connectivity index (χ1v) is 10.4. The van der Waals surface area contributed by atoms with Crippen LogP contribution in [0.15, 0.2) is 24.3 Å². The van der Waals surface area contributed by atoms with Gasteiger partial charge in [0.15, 0.2) is 0 Å². The second kappa shape index (κ2) is 7.93. The van der Waals surface area contributed by atoms with Crippen molar-refractivity contribution >= 4 is 0 Å². The van der Waals surface area contributed by atoms with Crippen LogP contribution in [0, 0.1) is 11.8 Å². The third-order valence-corrected chi connectivity index (χ3v) is 7.11. The van der Waals surface area contributed by atoms with E-state index in [2.05, 4.69) is 36.1 Å². The van der Waals surface area contributed by atoms with E-state index in [1.54, 1.807) is 0 Å². The lowest BCUT2D eigenvalue weighted by Gasteiger charge is -2.22. The number of rotatable bonds is 6. The van der Waals surface area contributed by atoms with Crippen molar-refractivity contribution in [2.24, 2.45) is 11.8 Å². The van der Waals surface area contributed by atoms with Crippen LogP contribution in [0.4, 0.5) is 8.78 Å². The van der Waals surface area contributed by atoms with Crippen LogP contribution in [0.25, 0.3) is 0 Å². The van der Waals surface area contributed by atoms with Crippen molar-refractivity contribution in [3.05, 3.63) is 35.4 Å². The molecule has 1 saturated carbocycles. The molecule has 2 saturated heterocycles. The van der Waals surface area contributed by atoms with Gasteiger partial charge in [-0.3, -0.25) is 4.90 Å². The van der Waals surface area contributed by atoms with Crippen LogP contribution in [0.5, 0.6) is 0 Å². The normalized spacial score (nSPS) is 32.6. The van der Waals surface area contributed by atoms with Gasteiger partial charge in [-0.25, -0.2) is 8.78 Å². The molecular weight excluding hydrogens is 330 g/mol. The van der Waals surface area contributed by atoms with Gasteiger partial charge in [0, 0.05) is 25.7 Å². The predicted octanol–water partition coefficient (Wildman–Crippen LogP) is 4.40. The van der Waals surface area contributed by atoms with E-state index in [1.807, 2.05) is 4.90 Å². The van der Waals surface area contributed by atoms with Crippen molar-refractivity contribution in [1.82, 2.24) is 9.80 Å². The van der Waals surface area contributed by atoms with E-state index in [0.717, 1.165) is 32.1 Å². The molecular formula is C22H32F2N2. The standard InChI is InChI=1S/C22H32F2N2/c1-16-3-2-11-26(16)12-10-17-4-6-18(7-5-17)20-9-8-19-13-25(14-21(19)20)15-22(23)24/h4-7,16,19-22H,2-3,8-15H2,1H3. The summed E-state index contributed by atoms with van der Waals surface area (Å²) in [4.78, 5) is 4.59. The molecule has 0 spiro atoms. The van der Waals surface area contributed by atoms with E-state index < -0.39 is 6.43 Å². The SMILES string of the molecule is CC1CCCN1CCc1ccc(C2CCC3CN(CC(F)F)CC32)cc1. The second-order valence-corrected chi connectivity index (χ2v) is 8.74. The van der Waals surface area contributed by atoms with Gasteiger partial charge < -0.3 is 4.90 Å². The summed E-state index contributed by atoms with van der Waals surface area (Å²) >= 11 is 0. The number of halogens is 2. The maximum atomic E-state index is 12.7. The summed E-state index contributed by atoms with van der Waals surface area (Å²) in [5.74, 6) is 1.76. The Kier molecular flexibility index (Phi) is 5.61. The molecule has 2 heterocycles. The average molecular weight is 363 g/mol. The summed E-state index contributed by atoms with van der Waals surface area (Å²) in [5.41, 5.74) is 2.85. The quantitative estimate of drug-likeness (QED) is 0.740. The predicted molar refractivity (Wildman–Crippen MR) is 102 cm³/mol. The van der Waals surface area contributed by atoms with E-state index >= 15 is 0 Å². The van der Waals surface area contributed by atoms with Crippen molar-refractivity contribution in [3.8, 4) is 0 Å². The van der Waals surface area contributed by atoms with E-state index in [-0.39, 0.29) is 6.54 Å². The van der Waals surface area contributed by atoms with E-state index in [4.69, 9.17) is 0 Å². The first-order chi connectivity index (χ1) is 12.6. The van der Waals surface area contributed by atoms with Gasteiger partial charge in [-0.15, -0.1) is 0 Å². The maximum absolute atomic E-state index is 12.7. The Labute approximate surface area is 156 Å². The molecule has 4 rings (SSSR count). The van der Waals surface area contributed by atoms with Crippen LogP contribution in [-0.4, -0.2) is 55.0 Å². The zero-order chi connectivity index (χ0) is 18.1. The summed E-state index contributed by atoms with van der Waals surface area (Å²) in [7, 11) is 0. The molecule has 1 aromatic rings. The van der Waals surface area contributed by atoms with Gasteiger partial charge in [-0.2, -0.15) is 0 Å². The molecule has 26 heavy (non-hydrogen) atoms.